The number of thiophene rings is 1. The minimum Gasteiger partial charge on any atom is -0.497 e. The summed E-state index contributed by atoms with van der Waals surface area (Å²) in [5.41, 5.74) is 1.06. The summed E-state index contributed by atoms with van der Waals surface area (Å²) in [5.74, 6) is 1.53. The fourth-order valence-electron chi connectivity index (χ4n) is 1.63. The average Bonchev–Trinajstić information content (AvgIpc) is 2.77. The summed E-state index contributed by atoms with van der Waals surface area (Å²) in [6, 6.07) is 7.75. The third kappa shape index (κ3) is 3.45. The van der Waals surface area contributed by atoms with Crippen LogP contribution in [0.1, 0.15) is 15.3 Å². The van der Waals surface area contributed by atoms with Gasteiger partial charge in [0, 0.05) is 10.9 Å². The molecule has 0 radical (unpaired) electrons. The number of ether oxygens (including phenoxy) is 2. The maximum Gasteiger partial charge on any atom is 0.122 e. The lowest BCUT2D eigenvalue weighted by Gasteiger charge is -2.12. The van der Waals surface area contributed by atoms with Crippen LogP contribution in [0.2, 0.25) is 5.02 Å². The highest BCUT2D eigenvalue weighted by atomic mass is 79.9. The molecule has 19 heavy (non-hydrogen) atoms. The van der Waals surface area contributed by atoms with Gasteiger partial charge in [0.1, 0.15) is 11.5 Å². The molecule has 0 N–H and O–H groups in total. The van der Waals surface area contributed by atoms with E-state index < -0.39 is 0 Å². The average molecular weight is 427 g/mol. The molecule has 102 valence electrons. The van der Waals surface area contributed by atoms with Crippen molar-refractivity contribution < 1.29 is 9.47 Å². The fraction of sp³-hybridized carbons (Fsp3) is 0.231. The van der Waals surface area contributed by atoms with Crippen molar-refractivity contribution >= 4 is 54.8 Å². The lowest BCUT2D eigenvalue weighted by molar-refractivity contribution is 0.393. The van der Waals surface area contributed by atoms with Crippen molar-refractivity contribution in [1.82, 2.24) is 0 Å². The first kappa shape index (κ1) is 15.2. The molecule has 0 spiro atoms. The Bertz CT molecular complexity index is 544. The van der Waals surface area contributed by atoms with Gasteiger partial charge in [-0.15, -0.1) is 11.3 Å². The molecule has 2 nitrogen and oxygen atoms in total. The van der Waals surface area contributed by atoms with Crippen LogP contribution in [0, 0.1) is 0 Å². The molecule has 1 unspecified atom stereocenters. The van der Waals surface area contributed by atoms with Gasteiger partial charge in [0.2, 0.25) is 0 Å². The second-order valence-corrected chi connectivity index (χ2v) is 7.50. The lowest BCUT2D eigenvalue weighted by Crippen LogP contribution is -1.94. The van der Waals surface area contributed by atoms with Crippen LogP contribution in [0.4, 0.5) is 0 Å². The van der Waals surface area contributed by atoms with Crippen LogP contribution in [0.25, 0.3) is 0 Å². The quantitative estimate of drug-likeness (QED) is 0.587. The van der Waals surface area contributed by atoms with Crippen LogP contribution in [0.15, 0.2) is 28.1 Å². The van der Waals surface area contributed by atoms with Gasteiger partial charge < -0.3 is 9.47 Å². The van der Waals surface area contributed by atoms with E-state index in [0.29, 0.717) is 0 Å². The van der Waals surface area contributed by atoms with E-state index in [0.717, 1.165) is 30.7 Å². The molecule has 0 fully saturated rings. The molecule has 0 aliphatic carbocycles. The smallest absolute Gasteiger partial charge is 0.122 e. The molecule has 1 aromatic carbocycles. The summed E-state index contributed by atoms with van der Waals surface area (Å²) in [4.78, 5) is 1.16. The van der Waals surface area contributed by atoms with Gasteiger partial charge in [-0.05, 0) is 39.7 Å². The molecule has 0 aliphatic rings. The highest BCUT2D eigenvalue weighted by molar-refractivity contribution is 9.11. The molecule has 0 amide bonds. The van der Waals surface area contributed by atoms with Crippen LogP contribution < -0.4 is 9.47 Å². The summed E-state index contributed by atoms with van der Waals surface area (Å²) in [6.07, 6.45) is 0. The van der Waals surface area contributed by atoms with Gasteiger partial charge in [-0.3, -0.25) is 0 Å². The van der Waals surface area contributed by atoms with E-state index in [1.54, 1.807) is 25.6 Å². The van der Waals surface area contributed by atoms with E-state index in [2.05, 4.69) is 31.9 Å². The number of methoxy groups -OCH3 is 2. The zero-order valence-electron chi connectivity index (χ0n) is 10.2. The van der Waals surface area contributed by atoms with E-state index >= 15 is 0 Å². The van der Waals surface area contributed by atoms with Gasteiger partial charge in [0.05, 0.1) is 27.9 Å². The van der Waals surface area contributed by atoms with Crippen molar-refractivity contribution in [3.05, 3.63) is 43.5 Å². The van der Waals surface area contributed by atoms with Gasteiger partial charge >= 0.3 is 0 Å². The Kier molecular flexibility index (Phi) is 5.17. The molecule has 1 aromatic heterocycles. The number of hydrogen-bond acceptors (Lipinski definition) is 3. The Morgan fingerprint density at radius 1 is 1.11 bits per heavy atom. The van der Waals surface area contributed by atoms with Gasteiger partial charge in [0.15, 0.2) is 0 Å². The standard InChI is InChI=1S/C13H11Br2ClO2S/c1-17-8-3-7(4-9(5-8)18-2)12(14)11-6-10(16)13(15)19-11/h3-6,12H,1-2H3. The number of hydrogen-bond donors (Lipinski definition) is 0. The van der Waals surface area contributed by atoms with Gasteiger partial charge in [0.25, 0.3) is 0 Å². The summed E-state index contributed by atoms with van der Waals surface area (Å²) in [5, 5.41) is 0.722. The van der Waals surface area contributed by atoms with Crippen LogP contribution in [-0.4, -0.2) is 14.2 Å². The Morgan fingerprint density at radius 2 is 1.68 bits per heavy atom. The summed E-state index contributed by atoms with van der Waals surface area (Å²) >= 11 is 14.8. The maximum atomic E-state index is 6.07. The summed E-state index contributed by atoms with van der Waals surface area (Å²) < 4.78 is 11.5. The largest absolute Gasteiger partial charge is 0.497 e. The van der Waals surface area contributed by atoms with Crippen molar-refractivity contribution in [1.29, 1.82) is 0 Å². The SMILES string of the molecule is COc1cc(OC)cc(C(Br)c2cc(Cl)c(Br)s2)c1. The zero-order chi connectivity index (χ0) is 14.0. The van der Waals surface area contributed by atoms with E-state index in [1.165, 1.54) is 0 Å². The topological polar surface area (TPSA) is 18.5 Å². The van der Waals surface area contributed by atoms with Crippen molar-refractivity contribution in [3.63, 3.8) is 0 Å². The highest BCUT2D eigenvalue weighted by Crippen LogP contribution is 2.42. The maximum absolute atomic E-state index is 6.07. The van der Waals surface area contributed by atoms with E-state index in [1.807, 2.05) is 24.3 Å². The van der Waals surface area contributed by atoms with Crippen LogP contribution in [0.5, 0.6) is 11.5 Å². The lowest BCUT2D eigenvalue weighted by atomic mass is 10.1. The Morgan fingerprint density at radius 3 is 2.11 bits per heavy atom. The number of halogens is 3. The minimum atomic E-state index is 0.0466. The van der Waals surface area contributed by atoms with Crippen molar-refractivity contribution in [2.45, 2.75) is 4.83 Å². The minimum absolute atomic E-state index is 0.0466. The molecular weight excluding hydrogens is 415 g/mol. The number of rotatable bonds is 4. The van der Waals surface area contributed by atoms with Gasteiger partial charge in [-0.2, -0.15) is 0 Å². The van der Waals surface area contributed by atoms with E-state index in [9.17, 15) is 0 Å². The fourth-order valence-corrected chi connectivity index (χ4v) is 4.06. The molecule has 6 heteroatoms. The molecule has 2 aromatic rings. The molecular formula is C13H11Br2ClO2S. The third-order valence-corrected chi connectivity index (χ3v) is 6.44. The first-order valence-corrected chi connectivity index (χ1v) is 8.27. The second-order valence-electron chi connectivity index (χ2n) is 3.78. The predicted octanol–water partition coefficient (Wildman–Crippen LogP) is 5.67. The molecule has 1 atom stereocenters. The number of alkyl halides is 1. The normalized spacial score (nSPS) is 12.3. The van der Waals surface area contributed by atoms with E-state index in [4.69, 9.17) is 21.1 Å². The highest BCUT2D eigenvalue weighted by Gasteiger charge is 2.17. The van der Waals surface area contributed by atoms with Gasteiger partial charge in [-0.1, -0.05) is 27.5 Å². The van der Waals surface area contributed by atoms with Crippen molar-refractivity contribution in [3.8, 4) is 11.5 Å². The second kappa shape index (κ2) is 6.48. The molecule has 0 aliphatic heterocycles. The Labute approximate surface area is 137 Å². The molecule has 0 saturated carbocycles. The molecule has 0 saturated heterocycles. The monoisotopic (exact) mass is 424 g/mol. The predicted molar refractivity (Wildman–Crippen MR) is 87.3 cm³/mol. The summed E-state index contributed by atoms with van der Waals surface area (Å²) in [7, 11) is 3.28. The molecule has 0 bridgehead atoms. The molecule has 2 rings (SSSR count). The molecule has 1 heterocycles. The van der Waals surface area contributed by atoms with Crippen LogP contribution in [-0.2, 0) is 0 Å². The first-order valence-electron chi connectivity index (χ1n) is 5.37. The van der Waals surface area contributed by atoms with E-state index in [-0.39, 0.29) is 4.83 Å². The number of benzene rings is 1. The van der Waals surface area contributed by atoms with Crippen molar-refractivity contribution in [2.24, 2.45) is 0 Å². The first-order chi connectivity index (χ1) is 9.05. The zero-order valence-corrected chi connectivity index (χ0v) is 15.0. The van der Waals surface area contributed by atoms with Crippen LogP contribution in [0.3, 0.4) is 0 Å². The van der Waals surface area contributed by atoms with Gasteiger partial charge in [-0.25, -0.2) is 0 Å². The Hall–Kier alpha value is -0.230. The van der Waals surface area contributed by atoms with Crippen molar-refractivity contribution in [2.75, 3.05) is 14.2 Å². The Balaban J connectivity index is 2.39. The third-order valence-electron chi connectivity index (χ3n) is 2.58. The van der Waals surface area contributed by atoms with Crippen LogP contribution >= 0.6 is 54.8 Å². The summed E-state index contributed by atoms with van der Waals surface area (Å²) in [6.45, 7) is 0.